The van der Waals surface area contributed by atoms with Gasteiger partial charge in [0.25, 0.3) is 0 Å². The molecule has 1 unspecified atom stereocenters. The summed E-state index contributed by atoms with van der Waals surface area (Å²) in [6, 6.07) is 2.86. The van der Waals surface area contributed by atoms with Gasteiger partial charge in [0.15, 0.2) is 11.9 Å². The molecule has 0 bridgehead atoms. The molecule has 6 heteroatoms. The summed E-state index contributed by atoms with van der Waals surface area (Å²) in [5, 5.41) is 9.37. The second kappa shape index (κ2) is 4.92. The maximum Gasteiger partial charge on any atom is 0.344 e. The molecule has 82 valence electrons. The van der Waals surface area contributed by atoms with Crippen LogP contribution in [-0.2, 0) is 4.79 Å². The lowest BCUT2D eigenvalue weighted by molar-refractivity contribution is -0.144. The Labute approximate surface area is 102 Å². The summed E-state index contributed by atoms with van der Waals surface area (Å²) >= 11 is 17.3. The summed E-state index contributed by atoms with van der Waals surface area (Å²) in [4.78, 5) is 10.6. The van der Waals surface area contributed by atoms with Crippen molar-refractivity contribution in [3.8, 4) is 5.75 Å². The Morgan fingerprint density at radius 2 is 1.80 bits per heavy atom. The predicted molar refractivity (Wildman–Crippen MR) is 59.2 cm³/mol. The highest BCUT2D eigenvalue weighted by Gasteiger charge is 2.17. The molecule has 0 aliphatic carbocycles. The summed E-state index contributed by atoms with van der Waals surface area (Å²) in [6.07, 6.45) is -1.03. The Morgan fingerprint density at radius 3 is 2.20 bits per heavy atom. The molecule has 0 spiro atoms. The first kappa shape index (κ1) is 12.4. The molecule has 0 radical (unpaired) electrons. The Kier molecular flexibility index (Phi) is 4.08. The monoisotopic (exact) mass is 268 g/mol. The Morgan fingerprint density at radius 1 is 1.33 bits per heavy atom. The second-order valence-corrected chi connectivity index (χ2v) is 4.05. The molecule has 1 aromatic rings. The molecular weight excluding hydrogens is 262 g/mol. The maximum absolute atomic E-state index is 10.6. The molecule has 0 fully saturated rings. The molecule has 0 saturated heterocycles. The van der Waals surface area contributed by atoms with Crippen LogP contribution in [0.2, 0.25) is 15.1 Å². The number of rotatable bonds is 3. The molecule has 0 saturated carbocycles. The average Bonchev–Trinajstić information content (AvgIpc) is 2.10. The number of hydrogen-bond acceptors (Lipinski definition) is 2. The summed E-state index contributed by atoms with van der Waals surface area (Å²) in [5.41, 5.74) is 0. The predicted octanol–water partition coefficient (Wildman–Crippen LogP) is 3.50. The molecule has 3 nitrogen and oxygen atoms in total. The van der Waals surface area contributed by atoms with E-state index in [0.29, 0.717) is 5.02 Å². The lowest BCUT2D eigenvalue weighted by atomic mass is 10.3. The van der Waals surface area contributed by atoms with E-state index in [1.165, 1.54) is 19.1 Å². The summed E-state index contributed by atoms with van der Waals surface area (Å²) in [7, 11) is 0. The van der Waals surface area contributed by atoms with Crippen molar-refractivity contribution in [2.24, 2.45) is 0 Å². The van der Waals surface area contributed by atoms with Crippen LogP contribution in [0.1, 0.15) is 6.92 Å². The first-order valence-electron chi connectivity index (χ1n) is 3.96. The standard InChI is InChI=1S/C9H7Cl3O3/c1-4(9(13)14)15-8-6(11)2-5(10)3-7(8)12/h2-4H,1H3,(H,13,14). The van der Waals surface area contributed by atoms with E-state index in [0.717, 1.165) is 0 Å². The zero-order valence-corrected chi connectivity index (χ0v) is 9.90. The number of halogens is 3. The molecular formula is C9H7Cl3O3. The summed E-state index contributed by atoms with van der Waals surface area (Å²) < 4.78 is 5.07. The number of carbonyl (C=O) groups is 1. The quantitative estimate of drug-likeness (QED) is 0.913. The van der Waals surface area contributed by atoms with Crippen LogP contribution in [0.15, 0.2) is 12.1 Å². The van der Waals surface area contributed by atoms with Crippen molar-refractivity contribution < 1.29 is 14.6 Å². The molecule has 15 heavy (non-hydrogen) atoms. The minimum absolute atomic E-state index is 0.123. The molecule has 1 atom stereocenters. The van der Waals surface area contributed by atoms with Crippen LogP contribution < -0.4 is 4.74 Å². The Balaban J connectivity index is 3.00. The maximum atomic E-state index is 10.6. The normalized spacial score (nSPS) is 12.3. The van der Waals surface area contributed by atoms with E-state index in [-0.39, 0.29) is 15.8 Å². The van der Waals surface area contributed by atoms with E-state index in [2.05, 4.69) is 0 Å². The number of hydrogen-bond donors (Lipinski definition) is 1. The summed E-state index contributed by atoms with van der Waals surface area (Å²) in [5.74, 6) is -0.977. The van der Waals surface area contributed by atoms with E-state index in [1.807, 2.05) is 0 Å². The molecule has 1 N–H and O–H groups in total. The van der Waals surface area contributed by atoms with Gasteiger partial charge >= 0.3 is 5.97 Å². The fourth-order valence-electron chi connectivity index (χ4n) is 0.869. The SMILES string of the molecule is CC(Oc1c(Cl)cc(Cl)cc1Cl)C(=O)O. The zero-order chi connectivity index (χ0) is 11.6. The van der Waals surface area contributed by atoms with Gasteiger partial charge in [0.1, 0.15) is 0 Å². The minimum atomic E-state index is -1.10. The highest BCUT2D eigenvalue weighted by Crippen LogP contribution is 2.36. The van der Waals surface area contributed by atoms with E-state index in [1.54, 1.807) is 0 Å². The fourth-order valence-corrected chi connectivity index (χ4v) is 1.77. The molecule has 1 aromatic carbocycles. The topological polar surface area (TPSA) is 46.5 Å². The van der Waals surface area contributed by atoms with Gasteiger partial charge in [-0.15, -0.1) is 0 Å². The van der Waals surface area contributed by atoms with Gasteiger partial charge in [-0.25, -0.2) is 4.79 Å². The van der Waals surface area contributed by atoms with Crippen molar-refractivity contribution in [3.05, 3.63) is 27.2 Å². The lowest BCUT2D eigenvalue weighted by Crippen LogP contribution is -2.23. The van der Waals surface area contributed by atoms with E-state index in [4.69, 9.17) is 44.6 Å². The fraction of sp³-hybridized carbons (Fsp3) is 0.222. The van der Waals surface area contributed by atoms with Gasteiger partial charge in [0, 0.05) is 5.02 Å². The van der Waals surface area contributed by atoms with Crippen molar-refractivity contribution in [2.45, 2.75) is 13.0 Å². The molecule has 0 aliphatic rings. The smallest absolute Gasteiger partial charge is 0.344 e. The minimum Gasteiger partial charge on any atom is -0.479 e. The van der Waals surface area contributed by atoms with Crippen molar-refractivity contribution in [1.29, 1.82) is 0 Å². The largest absolute Gasteiger partial charge is 0.479 e. The molecule has 1 rings (SSSR count). The van der Waals surface area contributed by atoms with Crippen LogP contribution >= 0.6 is 34.8 Å². The van der Waals surface area contributed by atoms with Gasteiger partial charge in [0.2, 0.25) is 0 Å². The average molecular weight is 270 g/mol. The van der Waals surface area contributed by atoms with E-state index < -0.39 is 12.1 Å². The second-order valence-electron chi connectivity index (χ2n) is 2.80. The first-order chi connectivity index (χ1) is 6.91. The van der Waals surface area contributed by atoms with Gasteiger partial charge in [-0.2, -0.15) is 0 Å². The summed E-state index contributed by atoms with van der Waals surface area (Å²) in [6.45, 7) is 1.38. The first-order valence-corrected chi connectivity index (χ1v) is 5.09. The highest BCUT2D eigenvalue weighted by molar-refractivity contribution is 6.40. The third-order valence-corrected chi connectivity index (χ3v) is 2.39. The molecule has 0 amide bonds. The van der Waals surface area contributed by atoms with Gasteiger partial charge < -0.3 is 9.84 Å². The van der Waals surface area contributed by atoms with Crippen LogP contribution in [0, 0.1) is 0 Å². The molecule has 0 aliphatic heterocycles. The number of ether oxygens (including phenoxy) is 1. The number of benzene rings is 1. The van der Waals surface area contributed by atoms with Crippen LogP contribution in [0.5, 0.6) is 5.75 Å². The van der Waals surface area contributed by atoms with E-state index in [9.17, 15) is 4.79 Å². The Bertz CT molecular complexity index is 369. The van der Waals surface area contributed by atoms with Gasteiger partial charge in [-0.3, -0.25) is 0 Å². The third-order valence-electron chi connectivity index (χ3n) is 1.61. The van der Waals surface area contributed by atoms with Crippen molar-refractivity contribution in [2.75, 3.05) is 0 Å². The number of aliphatic carboxylic acids is 1. The molecule has 0 heterocycles. The van der Waals surface area contributed by atoms with E-state index >= 15 is 0 Å². The third kappa shape index (κ3) is 3.16. The van der Waals surface area contributed by atoms with Gasteiger partial charge in [-0.05, 0) is 19.1 Å². The van der Waals surface area contributed by atoms with Crippen molar-refractivity contribution in [1.82, 2.24) is 0 Å². The Hall–Kier alpha value is -0.640. The van der Waals surface area contributed by atoms with Gasteiger partial charge in [-0.1, -0.05) is 34.8 Å². The lowest BCUT2D eigenvalue weighted by Gasteiger charge is -2.13. The van der Waals surface area contributed by atoms with Crippen LogP contribution in [0.4, 0.5) is 0 Å². The van der Waals surface area contributed by atoms with Gasteiger partial charge in [0.05, 0.1) is 10.0 Å². The molecule has 0 aromatic heterocycles. The van der Waals surface area contributed by atoms with Crippen molar-refractivity contribution in [3.63, 3.8) is 0 Å². The van der Waals surface area contributed by atoms with Crippen LogP contribution in [-0.4, -0.2) is 17.2 Å². The number of carboxylic acid groups (broad SMARTS) is 1. The highest BCUT2D eigenvalue weighted by atomic mass is 35.5. The van der Waals surface area contributed by atoms with Crippen LogP contribution in [0.25, 0.3) is 0 Å². The zero-order valence-electron chi connectivity index (χ0n) is 7.63. The number of carboxylic acids is 1. The van der Waals surface area contributed by atoms with Crippen molar-refractivity contribution >= 4 is 40.8 Å². The van der Waals surface area contributed by atoms with Crippen LogP contribution in [0.3, 0.4) is 0 Å².